The number of aryl methyl sites for hydroxylation is 1. The van der Waals surface area contributed by atoms with Crippen molar-refractivity contribution in [1.29, 1.82) is 0 Å². The highest BCUT2D eigenvalue weighted by Gasteiger charge is 2.20. The number of nitrogens with one attached hydrogen (secondary N) is 2. The number of benzene rings is 1. The fraction of sp³-hybridized carbons (Fsp3) is 0.308. The van der Waals surface area contributed by atoms with Gasteiger partial charge in [0.1, 0.15) is 11.9 Å². The number of carboxylic acid groups (broad SMARTS) is 1. The molecule has 0 fully saturated rings. The van der Waals surface area contributed by atoms with E-state index in [1.165, 1.54) is 12.1 Å². The number of nitrogens with two attached hydrogens (primary N) is 1. The molecule has 1 atom stereocenters. The molecule has 1 unspecified atom stereocenters. The second-order valence-corrected chi connectivity index (χ2v) is 4.51. The number of halogens is 1. The Morgan fingerprint density at radius 1 is 1.33 bits per heavy atom. The molecule has 114 valence electrons. The number of primary amides is 1. The number of aliphatic carboxylic acids is 1. The van der Waals surface area contributed by atoms with E-state index < -0.39 is 29.8 Å². The maximum Gasteiger partial charge on any atom is 0.326 e. The minimum atomic E-state index is -1.29. The maximum absolute atomic E-state index is 13.2. The molecule has 0 radical (unpaired) electrons. The van der Waals surface area contributed by atoms with Gasteiger partial charge < -0.3 is 21.5 Å². The first-order valence-corrected chi connectivity index (χ1v) is 6.13. The van der Waals surface area contributed by atoms with Gasteiger partial charge in [-0.2, -0.15) is 0 Å². The summed E-state index contributed by atoms with van der Waals surface area (Å²) in [6, 6.07) is 1.85. The Hall–Kier alpha value is -2.64. The van der Waals surface area contributed by atoms with Crippen molar-refractivity contribution in [3.05, 3.63) is 29.6 Å². The highest BCUT2D eigenvalue weighted by atomic mass is 19.1. The fourth-order valence-electron chi connectivity index (χ4n) is 1.68. The van der Waals surface area contributed by atoms with Crippen LogP contribution in [0, 0.1) is 12.7 Å². The lowest BCUT2D eigenvalue weighted by atomic mass is 10.1. The van der Waals surface area contributed by atoms with Crippen LogP contribution in [0.1, 0.15) is 18.4 Å². The Bertz CT molecular complexity index is 542. The topological polar surface area (TPSA) is 122 Å². The average molecular weight is 297 g/mol. The number of amides is 3. The van der Waals surface area contributed by atoms with Crippen molar-refractivity contribution >= 4 is 23.6 Å². The number of anilines is 1. The third kappa shape index (κ3) is 5.89. The van der Waals surface area contributed by atoms with Crippen molar-refractivity contribution in [2.75, 3.05) is 5.32 Å². The number of carboxylic acids is 1. The summed E-state index contributed by atoms with van der Waals surface area (Å²) in [6.07, 6.45) is -0.295. The highest BCUT2D eigenvalue weighted by molar-refractivity contribution is 5.92. The van der Waals surface area contributed by atoms with Crippen LogP contribution in [0.5, 0.6) is 0 Å². The summed E-state index contributed by atoms with van der Waals surface area (Å²) in [6.45, 7) is 1.65. The van der Waals surface area contributed by atoms with Crippen molar-refractivity contribution < 1.29 is 23.9 Å². The first-order valence-electron chi connectivity index (χ1n) is 6.13. The fourth-order valence-corrected chi connectivity index (χ4v) is 1.68. The highest BCUT2D eigenvalue weighted by Crippen LogP contribution is 2.13. The first kappa shape index (κ1) is 16.4. The minimum absolute atomic E-state index is 0.125. The molecule has 1 aromatic carbocycles. The summed E-state index contributed by atoms with van der Waals surface area (Å²) >= 11 is 0. The SMILES string of the molecule is Cc1cc(F)cc(NC(=O)NC(CCC(N)=O)C(=O)O)c1. The molecular formula is C13H16FN3O4. The Morgan fingerprint density at radius 3 is 2.52 bits per heavy atom. The first-order chi connectivity index (χ1) is 9.77. The van der Waals surface area contributed by atoms with E-state index in [2.05, 4.69) is 10.6 Å². The summed E-state index contributed by atoms with van der Waals surface area (Å²) in [4.78, 5) is 33.3. The number of carbonyl (C=O) groups excluding carboxylic acids is 2. The molecule has 5 N–H and O–H groups in total. The van der Waals surface area contributed by atoms with Crippen LogP contribution in [0.15, 0.2) is 18.2 Å². The average Bonchev–Trinajstić information content (AvgIpc) is 2.32. The van der Waals surface area contributed by atoms with Crippen LogP contribution in [0.4, 0.5) is 14.9 Å². The molecule has 0 saturated heterocycles. The molecule has 1 aromatic rings. The zero-order valence-corrected chi connectivity index (χ0v) is 11.4. The van der Waals surface area contributed by atoms with Crippen molar-refractivity contribution in [3.8, 4) is 0 Å². The predicted octanol–water partition coefficient (Wildman–Crippen LogP) is 0.974. The van der Waals surface area contributed by atoms with Gasteiger partial charge in [0.25, 0.3) is 0 Å². The summed E-state index contributed by atoms with van der Waals surface area (Å²) in [7, 11) is 0. The molecule has 1 rings (SSSR count). The Labute approximate surface area is 120 Å². The molecule has 0 heterocycles. The van der Waals surface area contributed by atoms with Gasteiger partial charge in [-0.25, -0.2) is 14.0 Å². The van der Waals surface area contributed by atoms with Crippen LogP contribution >= 0.6 is 0 Å². The molecule has 3 amide bonds. The Balaban J connectivity index is 2.65. The van der Waals surface area contributed by atoms with Gasteiger partial charge in [-0.1, -0.05) is 0 Å². The van der Waals surface area contributed by atoms with Crippen LogP contribution in [0.2, 0.25) is 0 Å². The van der Waals surface area contributed by atoms with Crippen LogP contribution in [-0.2, 0) is 9.59 Å². The van der Waals surface area contributed by atoms with Crippen molar-refractivity contribution in [1.82, 2.24) is 5.32 Å². The van der Waals surface area contributed by atoms with Gasteiger partial charge in [-0.15, -0.1) is 0 Å². The molecule has 0 aliphatic rings. The lowest BCUT2D eigenvalue weighted by molar-refractivity contribution is -0.139. The second-order valence-electron chi connectivity index (χ2n) is 4.51. The molecule has 0 saturated carbocycles. The molecule has 0 aliphatic carbocycles. The van der Waals surface area contributed by atoms with E-state index in [1.807, 2.05) is 0 Å². The molecule has 0 spiro atoms. The van der Waals surface area contributed by atoms with Gasteiger partial charge >= 0.3 is 12.0 Å². The molecule has 0 aromatic heterocycles. The second kappa shape index (κ2) is 7.22. The van der Waals surface area contributed by atoms with Gasteiger partial charge in [-0.05, 0) is 37.1 Å². The monoisotopic (exact) mass is 297 g/mol. The van der Waals surface area contributed by atoms with Gasteiger partial charge in [-0.3, -0.25) is 4.79 Å². The van der Waals surface area contributed by atoms with E-state index in [9.17, 15) is 18.8 Å². The molecular weight excluding hydrogens is 281 g/mol. The van der Waals surface area contributed by atoms with E-state index in [0.717, 1.165) is 6.07 Å². The van der Waals surface area contributed by atoms with E-state index >= 15 is 0 Å². The molecule has 0 aliphatic heterocycles. The zero-order valence-electron chi connectivity index (χ0n) is 11.4. The summed E-state index contributed by atoms with van der Waals surface area (Å²) < 4.78 is 13.2. The third-order valence-electron chi connectivity index (χ3n) is 2.58. The van der Waals surface area contributed by atoms with Gasteiger partial charge in [0.2, 0.25) is 5.91 Å². The third-order valence-corrected chi connectivity index (χ3v) is 2.58. The van der Waals surface area contributed by atoms with Gasteiger partial charge in [0, 0.05) is 12.1 Å². The maximum atomic E-state index is 13.2. The van der Waals surface area contributed by atoms with Crippen molar-refractivity contribution in [3.63, 3.8) is 0 Å². The Kier molecular flexibility index (Phi) is 5.65. The molecule has 0 bridgehead atoms. The summed E-state index contributed by atoms with van der Waals surface area (Å²) in [5.74, 6) is -2.47. The van der Waals surface area contributed by atoms with Crippen LogP contribution in [0.3, 0.4) is 0 Å². The molecule has 7 nitrogen and oxygen atoms in total. The summed E-state index contributed by atoms with van der Waals surface area (Å²) in [5.41, 5.74) is 5.73. The van der Waals surface area contributed by atoms with E-state index in [4.69, 9.17) is 10.8 Å². The van der Waals surface area contributed by atoms with Gasteiger partial charge in [0.05, 0.1) is 0 Å². The number of rotatable bonds is 6. The number of urea groups is 1. The van der Waals surface area contributed by atoms with Crippen LogP contribution < -0.4 is 16.4 Å². The normalized spacial score (nSPS) is 11.5. The standard InChI is InChI=1S/C13H16FN3O4/c1-7-4-8(14)6-9(5-7)16-13(21)17-10(12(19)20)2-3-11(15)18/h4-6,10H,2-3H2,1H3,(H2,15,18)(H,19,20)(H2,16,17,21). The van der Waals surface area contributed by atoms with Crippen molar-refractivity contribution in [2.45, 2.75) is 25.8 Å². The summed E-state index contributed by atoms with van der Waals surface area (Å²) in [5, 5.41) is 13.4. The molecule has 8 heteroatoms. The lowest BCUT2D eigenvalue weighted by Crippen LogP contribution is -2.43. The predicted molar refractivity (Wildman–Crippen MR) is 73.1 cm³/mol. The number of hydrogen-bond donors (Lipinski definition) is 4. The Morgan fingerprint density at radius 2 is 2.00 bits per heavy atom. The van der Waals surface area contributed by atoms with E-state index in [-0.39, 0.29) is 18.5 Å². The van der Waals surface area contributed by atoms with E-state index in [0.29, 0.717) is 5.56 Å². The lowest BCUT2D eigenvalue weighted by Gasteiger charge is -2.14. The van der Waals surface area contributed by atoms with Crippen LogP contribution in [-0.4, -0.2) is 29.1 Å². The number of hydrogen-bond acceptors (Lipinski definition) is 3. The van der Waals surface area contributed by atoms with Crippen LogP contribution in [0.25, 0.3) is 0 Å². The number of carbonyl (C=O) groups is 3. The largest absolute Gasteiger partial charge is 0.480 e. The van der Waals surface area contributed by atoms with E-state index in [1.54, 1.807) is 6.92 Å². The smallest absolute Gasteiger partial charge is 0.326 e. The molecule has 21 heavy (non-hydrogen) atoms. The van der Waals surface area contributed by atoms with Gasteiger partial charge in [0.15, 0.2) is 0 Å². The van der Waals surface area contributed by atoms with Crippen molar-refractivity contribution in [2.24, 2.45) is 5.73 Å². The quantitative estimate of drug-likeness (QED) is 0.625. The minimum Gasteiger partial charge on any atom is -0.480 e. The zero-order chi connectivity index (χ0) is 16.0.